The van der Waals surface area contributed by atoms with Gasteiger partial charge in [-0.1, -0.05) is 18.2 Å². The molecule has 2 fully saturated rings. The molecular weight excluding hydrogens is 260 g/mol. The third-order valence-electron chi connectivity index (χ3n) is 5.51. The predicted molar refractivity (Wildman–Crippen MR) is 84.5 cm³/mol. The molecule has 1 aromatic heterocycles. The summed E-state index contributed by atoms with van der Waals surface area (Å²) < 4.78 is 2.10. The first-order valence-electron chi connectivity index (χ1n) is 8.20. The normalized spacial score (nSPS) is 28.8. The van der Waals surface area contributed by atoms with Crippen LogP contribution in [0.3, 0.4) is 0 Å². The van der Waals surface area contributed by atoms with Crippen molar-refractivity contribution in [3.8, 4) is 0 Å². The molecule has 0 bridgehead atoms. The van der Waals surface area contributed by atoms with Gasteiger partial charge in [0.25, 0.3) is 0 Å². The van der Waals surface area contributed by atoms with Gasteiger partial charge in [0.2, 0.25) is 0 Å². The van der Waals surface area contributed by atoms with Gasteiger partial charge in [0, 0.05) is 24.4 Å². The highest BCUT2D eigenvalue weighted by molar-refractivity contribution is 5.82. The minimum atomic E-state index is 0.362. The maximum atomic E-state index is 5.86. The Balaban J connectivity index is 1.60. The van der Waals surface area contributed by atoms with Gasteiger partial charge in [0.1, 0.15) is 0 Å². The zero-order chi connectivity index (χ0) is 14.4. The van der Waals surface area contributed by atoms with Crippen LogP contribution in [-0.4, -0.2) is 15.8 Å². The van der Waals surface area contributed by atoms with Crippen LogP contribution in [0.4, 0.5) is 0 Å². The van der Waals surface area contributed by atoms with Crippen molar-refractivity contribution in [3.05, 3.63) is 30.0 Å². The molecule has 3 unspecified atom stereocenters. The van der Waals surface area contributed by atoms with Gasteiger partial charge in [-0.05, 0) is 50.0 Å². The Bertz CT molecular complexity index is 637. The lowest BCUT2D eigenvalue weighted by Crippen LogP contribution is -2.42. The monoisotopic (exact) mass is 284 g/mol. The fourth-order valence-corrected chi connectivity index (χ4v) is 4.25. The van der Waals surface area contributed by atoms with Crippen molar-refractivity contribution in [1.29, 1.82) is 0 Å². The number of rotatable bonds is 5. The Morgan fingerprint density at radius 1 is 1.29 bits per heavy atom. The van der Waals surface area contributed by atoms with Gasteiger partial charge in [-0.25, -0.2) is 0 Å². The van der Waals surface area contributed by atoms with Gasteiger partial charge in [-0.15, -0.1) is 0 Å². The molecule has 4 rings (SSSR count). The number of hydrazine groups is 1. The van der Waals surface area contributed by atoms with Crippen molar-refractivity contribution in [2.45, 2.75) is 45.2 Å². The number of aromatic nitrogens is 2. The molecule has 3 atom stereocenters. The maximum Gasteiger partial charge on any atom is 0.0719 e. The highest BCUT2D eigenvalue weighted by Crippen LogP contribution is 2.55. The third kappa shape index (κ3) is 2.27. The lowest BCUT2D eigenvalue weighted by atomic mass is 9.91. The molecule has 1 aromatic carbocycles. The predicted octanol–water partition coefficient (Wildman–Crippen LogP) is 2.48. The first-order valence-corrected chi connectivity index (χ1v) is 8.20. The molecular formula is C17H24N4. The summed E-state index contributed by atoms with van der Waals surface area (Å²) in [4.78, 5) is 0. The minimum Gasteiger partial charge on any atom is -0.271 e. The molecule has 0 radical (unpaired) electrons. The van der Waals surface area contributed by atoms with Gasteiger partial charge < -0.3 is 0 Å². The van der Waals surface area contributed by atoms with E-state index in [1.54, 1.807) is 0 Å². The molecule has 2 aliphatic carbocycles. The lowest BCUT2D eigenvalue weighted by molar-refractivity contribution is 0.334. The van der Waals surface area contributed by atoms with E-state index in [0.717, 1.165) is 30.7 Å². The first-order chi connectivity index (χ1) is 10.3. The summed E-state index contributed by atoms with van der Waals surface area (Å²) in [6.45, 7) is 3.06. The number of hydrogen-bond acceptors (Lipinski definition) is 3. The Morgan fingerprint density at radius 3 is 2.76 bits per heavy atom. The number of para-hydroxylation sites is 1. The Labute approximate surface area is 125 Å². The smallest absolute Gasteiger partial charge is 0.0719 e. The molecule has 4 nitrogen and oxygen atoms in total. The Kier molecular flexibility index (Phi) is 3.23. The number of aryl methyl sites for hydroxylation is 1. The largest absolute Gasteiger partial charge is 0.271 e. The number of fused-ring (bicyclic) bond motifs is 2. The van der Waals surface area contributed by atoms with Crippen molar-refractivity contribution < 1.29 is 0 Å². The quantitative estimate of drug-likeness (QED) is 0.655. The van der Waals surface area contributed by atoms with Crippen LogP contribution in [0.2, 0.25) is 0 Å². The maximum absolute atomic E-state index is 5.86. The van der Waals surface area contributed by atoms with Crippen molar-refractivity contribution in [3.63, 3.8) is 0 Å². The number of nitrogens with zero attached hydrogens (tertiary/aromatic N) is 2. The van der Waals surface area contributed by atoms with E-state index in [1.165, 1.54) is 35.9 Å². The van der Waals surface area contributed by atoms with Gasteiger partial charge in [-0.3, -0.25) is 16.0 Å². The number of nitrogens with two attached hydrogens (primary N) is 1. The highest BCUT2D eigenvalue weighted by atomic mass is 15.3. The number of nitrogens with one attached hydrogen (secondary N) is 1. The Hall–Kier alpha value is -1.39. The molecule has 4 heteroatoms. The standard InChI is InChI=1S/C17H24N4/c1-2-21-17-6-4-3-5-14(17)16(20-21)10-15(19-18)13-8-11-7-12(11)9-13/h3-6,11-13,15,19H,2,7-10,18H2,1H3. The topological polar surface area (TPSA) is 55.9 Å². The summed E-state index contributed by atoms with van der Waals surface area (Å²) in [6, 6.07) is 8.89. The lowest BCUT2D eigenvalue weighted by Gasteiger charge is -2.23. The van der Waals surface area contributed by atoms with Crippen molar-refractivity contribution in [2.24, 2.45) is 23.6 Å². The fraction of sp³-hybridized carbons (Fsp3) is 0.588. The summed E-state index contributed by atoms with van der Waals surface area (Å²) in [5.74, 6) is 8.58. The zero-order valence-electron chi connectivity index (χ0n) is 12.6. The average molecular weight is 284 g/mol. The molecule has 112 valence electrons. The molecule has 0 spiro atoms. The zero-order valence-corrected chi connectivity index (χ0v) is 12.6. The van der Waals surface area contributed by atoms with Crippen molar-refractivity contribution in [2.75, 3.05) is 0 Å². The van der Waals surface area contributed by atoms with Gasteiger partial charge in [0.05, 0.1) is 11.2 Å². The van der Waals surface area contributed by atoms with Crippen LogP contribution in [0, 0.1) is 17.8 Å². The number of hydrogen-bond donors (Lipinski definition) is 2. The number of benzene rings is 1. The van der Waals surface area contributed by atoms with Crippen LogP contribution < -0.4 is 11.3 Å². The van der Waals surface area contributed by atoms with E-state index in [-0.39, 0.29) is 0 Å². The van der Waals surface area contributed by atoms with Gasteiger partial charge in [-0.2, -0.15) is 5.10 Å². The molecule has 2 aliphatic rings. The van der Waals surface area contributed by atoms with E-state index in [2.05, 4.69) is 41.3 Å². The third-order valence-corrected chi connectivity index (χ3v) is 5.51. The summed E-state index contributed by atoms with van der Waals surface area (Å²) >= 11 is 0. The minimum absolute atomic E-state index is 0.362. The van der Waals surface area contributed by atoms with E-state index in [9.17, 15) is 0 Å². The van der Waals surface area contributed by atoms with Crippen LogP contribution in [0.15, 0.2) is 24.3 Å². The molecule has 0 amide bonds. The molecule has 1 heterocycles. The molecule has 2 saturated carbocycles. The second-order valence-corrected chi connectivity index (χ2v) is 6.74. The van der Waals surface area contributed by atoms with Gasteiger partial charge in [0.15, 0.2) is 0 Å². The second kappa shape index (κ2) is 5.11. The van der Waals surface area contributed by atoms with E-state index < -0.39 is 0 Å². The SMILES string of the molecule is CCn1nc(CC(NN)C2CC3CC3C2)c2ccccc21. The molecule has 0 aliphatic heterocycles. The second-order valence-electron chi connectivity index (χ2n) is 6.74. The summed E-state index contributed by atoms with van der Waals surface area (Å²) in [6.07, 6.45) is 5.10. The van der Waals surface area contributed by atoms with Gasteiger partial charge >= 0.3 is 0 Å². The summed E-state index contributed by atoms with van der Waals surface area (Å²) in [5.41, 5.74) is 5.50. The van der Waals surface area contributed by atoms with Crippen molar-refractivity contribution >= 4 is 10.9 Å². The Morgan fingerprint density at radius 2 is 2.05 bits per heavy atom. The summed E-state index contributed by atoms with van der Waals surface area (Å²) in [5, 5.41) is 6.10. The fourth-order valence-electron chi connectivity index (χ4n) is 4.25. The van der Waals surface area contributed by atoms with Crippen LogP contribution in [0.5, 0.6) is 0 Å². The first kappa shape index (κ1) is 13.3. The van der Waals surface area contributed by atoms with Crippen LogP contribution in [0.25, 0.3) is 10.9 Å². The van der Waals surface area contributed by atoms with E-state index >= 15 is 0 Å². The van der Waals surface area contributed by atoms with E-state index in [4.69, 9.17) is 10.9 Å². The molecule has 0 saturated heterocycles. The molecule has 2 aromatic rings. The van der Waals surface area contributed by atoms with Crippen LogP contribution in [0.1, 0.15) is 31.9 Å². The highest BCUT2D eigenvalue weighted by Gasteiger charge is 2.47. The van der Waals surface area contributed by atoms with E-state index in [1.807, 2.05) is 0 Å². The molecule has 3 N–H and O–H groups in total. The summed E-state index contributed by atoms with van der Waals surface area (Å²) in [7, 11) is 0. The average Bonchev–Trinajstić information content (AvgIpc) is 2.98. The van der Waals surface area contributed by atoms with E-state index in [0.29, 0.717) is 6.04 Å². The van der Waals surface area contributed by atoms with Crippen LogP contribution in [-0.2, 0) is 13.0 Å². The molecule has 21 heavy (non-hydrogen) atoms. The van der Waals surface area contributed by atoms with Crippen molar-refractivity contribution in [1.82, 2.24) is 15.2 Å². The van der Waals surface area contributed by atoms with Crippen LogP contribution >= 0.6 is 0 Å².